The van der Waals surface area contributed by atoms with Crippen LogP contribution in [0.4, 0.5) is 0 Å². The maximum atomic E-state index is 6.19. The molecule has 0 N–H and O–H groups in total. The van der Waals surface area contributed by atoms with E-state index in [1.54, 1.807) is 0 Å². The van der Waals surface area contributed by atoms with Gasteiger partial charge in [0.25, 0.3) is 0 Å². The van der Waals surface area contributed by atoms with Crippen molar-refractivity contribution in [3.8, 4) is 0 Å². The van der Waals surface area contributed by atoms with E-state index in [9.17, 15) is 0 Å². The molecule has 0 radical (unpaired) electrons. The molecule has 0 aliphatic carbocycles. The molecule has 2 aromatic heterocycles. The van der Waals surface area contributed by atoms with Crippen LogP contribution in [0.15, 0.2) is 48.7 Å². The molecule has 1 aromatic carbocycles. The van der Waals surface area contributed by atoms with Crippen LogP contribution in [0.25, 0.3) is 0 Å². The molecule has 0 bridgehead atoms. The highest BCUT2D eigenvalue weighted by Crippen LogP contribution is 2.34. The molecule has 0 fully saturated rings. The van der Waals surface area contributed by atoms with E-state index in [-0.39, 0.29) is 6.04 Å². The molecule has 3 heterocycles. The Morgan fingerprint density at radius 1 is 1.14 bits per heavy atom. The van der Waals surface area contributed by atoms with Gasteiger partial charge in [-0.05, 0) is 17.7 Å². The number of nitrogens with zero attached hydrogens (tertiary/aromatic N) is 4. The van der Waals surface area contributed by atoms with Crippen LogP contribution in [0, 0.1) is 0 Å². The zero-order chi connectivity index (χ0) is 14.9. The minimum absolute atomic E-state index is 0.225. The fraction of sp³-hybridized carbons (Fsp3) is 0.250. The van der Waals surface area contributed by atoms with Gasteiger partial charge < -0.3 is 4.57 Å². The Morgan fingerprint density at radius 2 is 2.00 bits per heavy atom. The number of rotatable bonds is 3. The van der Waals surface area contributed by atoms with Gasteiger partial charge in [0.2, 0.25) is 0 Å². The second-order valence-corrected chi connectivity index (χ2v) is 6.76. The molecule has 4 rings (SSSR count). The van der Waals surface area contributed by atoms with E-state index in [2.05, 4.69) is 67.7 Å². The topological polar surface area (TPSA) is 34.0 Å². The van der Waals surface area contributed by atoms with E-state index in [4.69, 9.17) is 11.6 Å². The molecule has 0 unspecified atom stereocenters. The van der Waals surface area contributed by atoms with E-state index in [0.29, 0.717) is 4.34 Å². The second-order valence-electron chi connectivity index (χ2n) is 5.40. The Hall–Kier alpha value is -1.69. The molecule has 0 amide bonds. The van der Waals surface area contributed by atoms with Crippen molar-refractivity contribution in [1.29, 1.82) is 0 Å². The summed E-state index contributed by atoms with van der Waals surface area (Å²) in [5.74, 6) is 0. The monoisotopic (exact) mass is 330 g/mol. The summed E-state index contributed by atoms with van der Waals surface area (Å²) in [5, 5.41) is 4.17. The SMILES string of the molecule is Clc1snnc1CN1CCn2cccc2[C@@H]1c1ccccc1. The van der Waals surface area contributed by atoms with Crippen molar-refractivity contribution in [2.75, 3.05) is 6.54 Å². The summed E-state index contributed by atoms with van der Waals surface area (Å²) in [6.07, 6.45) is 2.15. The van der Waals surface area contributed by atoms with Crippen LogP contribution in [-0.4, -0.2) is 25.6 Å². The number of hydrogen-bond acceptors (Lipinski definition) is 4. The fourth-order valence-electron chi connectivity index (χ4n) is 3.10. The Kier molecular flexibility index (Phi) is 3.70. The van der Waals surface area contributed by atoms with E-state index < -0.39 is 0 Å². The first-order valence-corrected chi connectivity index (χ1v) is 8.39. The predicted molar refractivity (Wildman–Crippen MR) is 88.0 cm³/mol. The van der Waals surface area contributed by atoms with Crippen molar-refractivity contribution in [2.24, 2.45) is 0 Å². The lowest BCUT2D eigenvalue weighted by atomic mass is 10.00. The quantitative estimate of drug-likeness (QED) is 0.736. The van der Waals surface area contributed by atoms with Gasteiger partial charge in [0.1, 0.15) is 10.0 Å². The molecule has 1 aliphatic heterocycles. The van der Waals surface area contributed by atoms with Gasteiger partial charge >= 0.3 is 0 Å². The highest BCUT2D eigenvalue weighted by molar-refractivity contribution is 7.10. The van der Waals surface area contributed by atoms with Crippen LogP contribution in [0.5, 0.6) is 0 Å². The first-order valence-electron chi connectivity index (χ1n) is 7.23. The summed E-state index contributed by atoms with van der Waals surface area (Å²) in [4.78, 5) is 2.42. The molecule has 112 valence electrons. The predicted octanol–water partition coefficient (Wildman–Crippen LogP) is 3.60. The van der Waals surface area contributed by atoms with Crippen molar-refractivity contribution in [3.05, 3.63) is 69.9 Å². The lowest BCUT2D eigenvalue weighted by Gasteiger charge is -2.37. The van der Waals surface area contributed by atoms with Gasteiger partial charge in [-0.2, -0.15) is 0 Å². The van der Waals surface area contributed by atoms with Crippen molar-refractivity contribution in [3.63, 3.8) is 0 Å². The van der Waals surface area contributed by atoms with Crippen LogP contribution < -0.4 is 0 Å². The maximum Gasteiger partial charge on any atom is 0.138 e. The zero-order valence-corrected chi connectivity index (χ0v) is 13.5. The molecule has 1 aliphatic rings. The Balaban J connectivity index is 1.73. The van der Waals surface area contributed by atoms with Gasteiger partial charge in [-0.15, -0.1) is 5.10 Å². The summed E-state index contributed by atoms with van der Waals surface area (Å²) in [6.45, 7) is 2.68. The van der Waals surface area contributed by atoms with Gasteiger partial charge in [0.05, 0.1) is 6.04 Å². The molecular formula is C16H15ClN4S. The van der Waals surface area contributed by atoms with Crippen LogP contribution in [0.2, 0.25) is 4.34 Å². The summed E-state index contributed by atoms with van der Waals surface area (Å²) in [6, 6.07) is 15.1. The maximum absolute atomic E-state index is 6.19. The van der Waals surface area contributed by atoms with E-state index >= 15 is 0 Å². The van der Waals surface area contributed by atoms with Gasteiger partial charge in [-0.1, -0.05) is 46.4 Å². The first kappa shape index (κ1) is 13.9. The van der Waals surface area contributed by atoms with Gasteiger partial charge in [-0.25, -0.2) is 0 Å². The van der Waals surface area contributed by atoms with Crippen LogP contribution in [-0.2, 0) is 13.1 Å². The summed E-state index contributed by atoms with van der Waals surface area (Å²) in [7, 11) is 0. The van der Waals surface area contributed by atoms with Crippen LogP contribution in [0.1, 0.15) is 23.0 Å². The Morgan fingerprint density at radius 3 is 2.77 bits per heavy atom. The standard InChI is InChI=1S/C16H15ClN4S/c17-16-13(18-19-22-16)11-21-10-9-20-8-4-7-14(20)15(21)12-5-2-1-3-6-12/h1-8,15H,9-11H2/t15-/m0/s1. The van der Waals surface area contributed by atoms with E-state index in [1.165, 1.54) is 22.8 Å². The molecule has 0 saturated heterocycles. The van der Waals surface area contributed by atoms with E-state index in [0.717, 1.165) is 25.3 Å². The molecule has 0 saturated carbocycles. The van der Waals surface area contributed by atoms with Crippen molar-refractivity contribution >= 4 is 23.1 Å². The zero-order valence-electron chi connectivity index (χ0n) is 11.9. The van der Waals surface area contributed by atoms with Crippen LogP contribution in [0.3, 0.4) is 0 Å². The summed E-state index contributed by atoms with van der Waals surface area (Å²) < 4.78 is 6.96. The normalized spacial score (nSPS) is 18.3. The lowest BCUT2D eigenvalue weighted by molar-refractivity contribution is 0.172. The molecule has 22 heavy (non-hydrogen) atoms. The highest BCUT2D eigenvalue weighted by atomic mass is 35.5. The van der Waals surface area contributed by atoms with Crippen molar-refractivity contribution < 1.29 is 0 Å². The number of aromatic nitrogens is 3. The van der Waals surface area contributed by atoms with E-state index in [1.807, 2.05) is 0 Å². The largest absolute Gasteiger partial charge is 0.348 e. The van der Waals surface area contributed by atoms with Gasteiger partial charge in [0, 0.05) is 43.1 Å². The molecule has 0 spiro atoms. The summed E-state index contributed by atoms with van der Waals surface area (Å²) in [5.41, 5.74) is 3.48. The van der Waals surface area contributed by atoms with Gasteiger partial charge in [0.15, 0.2) is 0 Å². The first-order chi connectivity index (χ1) is 10.8. The van der Waals surface area contributed by atoms with Crippen molar-refractivity contribution in [2.45, 2.75) is 19.1 Å². The third-order valence-corrected chi connectivity index (χ3v) is 5.10. The second kappa shape index (κ2) is 5.83. The highest BCUT2D eigenvalue weighted by Gasteiger charge is 2.29. The lowest BCUT2D eigenvalue weighted by Crippen LogP contribution is -2.38. The number of halogens is 1. The van der Waals surface area contributed by atoms with Crippen LogP contribution >= 0.6 is 23.1 Å². The third-order valence-electron chi connectivity index (χ3n) is 4.12. The average Bonchev–Trinajstić information content (AvgIpc) is 3.17. The molecule has 4 nitrogen and oxygen atoms in total. The molecule has 3 aromatic rings. The van der Waals surface area contributed by atoms with Crippen molar-refractivity contribution in [1.82, 2.24) is 19.1 Å². The fourth-order valence-corrected chi connectivity index (χ4v) is 3.71. The average molecular weight is 331 g/mol. The minimum Gasteiger partial charge on any atom is -0.348 e. The van der Waals surface area contributed by atoms with Gasteiger partial charge in [-0.3, -0.25) is 4.90 Å². The number of fused-ring (bicyclic) bond motifs is 1. The minimum atomic E-state index is 0.225. The third kappa shape index (κ3) is 2.45. The molecule has 1 atom stereocenters. The molecule has 6 heteroatoms. The smallest absolute Gasteiger partial charge is 0.138 e. The molecular weight excluding hydrogens is 316 g/mol. The summed E-state index contributed by atoms with van der Waals surface area (Å²) >= 11 is 7.44. The Labute approximate surface area is 138 Å². The number of hydrogen-bond donors (Lipinski definition) is 0. The Bertz CT molecular complexity index is 767. The number of benzene rings is 1.